The smallest absolute Gasteiger partial charge is 0.234 e. The highest BCUT2D eigenvalue weighted by molar-refractivity contribution is 7.99. The highest BCUT2D eigenvalue weighted by Crippen LogP contribution is 2.41. The number of aromatic nitrogens is 3. The molecular formula is C22H32N6OS. The monoisotopic (exact) mass is 428 g/mol. The molecule has 4 rings (SSSR count). The van der Waals surface area contributed by atoms with Crippen LogP contribution in [0.2, 0.25) is 0 Å². The van der Waals surface area contributed by atoms with Gasteiger partial charge in [-0.25, -0.2) is 0 Å². The fourth-order valence-electron chi connectivity index (χ4n) is 4.00. The van der Waals surface area contributed by atoms with Gasteiger partial charge in [0.1, 0.15) is 0 Å². The van der Waals surface area contributed by atoms with Crippen LogP contribution in [-0.2, 0) is 4.79 Å². The molecule has 162 valence electrons. The molecule has 0 atom stereocenters. The maximum Gasteiger partial charge on any atom is 0.234 e. The Hall–Kier alpha value is -2.22. The van der Waals surface area contributed by atoms with Crippen LogP contribution in [0.4, 0.5) is 17.3 Å². The molecule has 1 aliphatic heterocycles. The van der Waals surface area contributed by atoms with Gasteiger partial charge >= 0.3 is 0 Å². The lowest BCUT2D eigenvalue weighted by atomic mass is 10.1. The summed E-state index contributed by atoms with van der Waals surface area (Å²) < 4.78 is 2.27. The van der Waals surface area contributed by atoms with Crippen LogP contribution in [-0.4, -0.2) is 52.6 Å². The van der Waals surface area contributed by atoms with Crippen molar-refractivity contribution in [3.05, 3.63) is 24.3 Å². The zero-order chi connectivity index (χ0) is 20.9. The van der Waals surface area contributed by atoms with Crippen LogP contribution < -0.4 is 15.1 Å². The van der Waals surface area contributed by atoms with Gasteiger partial charge in [-0.05, 0) is 70.2 Å². The van der Waals surface area contributed by atoms with Crippen molar-refractivity contribution >= 4 is 35.0 Å². The predicted molar refractivity (Wildman–Crippen MR) is 124 cm³/mol. The standard InChI is InChI=1S/C22H32N6OS/c1-3-26(4-2)18-10-8-17(9-11-18)23-20(29)16-30-22-25-24-21(28(22)19-12-13-19)27-14-6-5-7-15-27/h8-11,19H,3-7,12-16H2,1-2H3,(H,23,29). The van der Waals surface area contributed by atoms with E-state index in [1.807, 2.05) is 12.1 Å². The number of thioether (sulfide) groups is 1. The van der Waals surface area contributed by atoms with Gasteiger partial charge in [0.05, 0.1) is 5.75 Å². The largest absolute Gasteiger partial charge is 0.372 e. The maximum atomic E-state index is 12.5. The molecule has 2 fully saturated rings. The van der Waals surface area contributed by atoms with E-state index in [1.54, 1.807) is 0 Å². The van der Waals surface area contributed by atoms with Crippen molar-refractivity contribution in [2.75, 3.05) is 47.0 Å². The molecule has 0 bridgehead atoms. The summed E-state index contributed by atoms with van der Waals surface area (Å²) in [5, 5.41) is 12.8. The minimum atomic E-state index is -0.0135. The third kappa shape index (κ3) is 4.91. The van der Waals surface area contributed by atoms with E-state index in [4.69, 9.17) is 0 Å². The van der Waals surface area contributed by atoms with E-state index in [0.29, 0.717) is 11.8 Å². The summed E-state index contributed by atoms with van der Waals surface area (Å²) in [5.74, 6) is 1.32. The Kier molecular flexibility index (Phi) is 6.82. The Morgan fingerprint density at radius 2 is 1.80 bits per heavy atom. The van der Waals surface area contributed by atoms with Crippen molar-refractivity contribution in [1.82, 2.24) is 14.8 Å². The molecule has 1 saturated heterocycles. The van der Waals surface area contributed by atoms with Gasteiger partial charge in [-0.15, -0.1) is 10.2 Å². The minimum absolute atomic E-state index is 0.0135. The first kappa shape index (κ1) is 21.0. The first-order valence-corrected chi connectivity index (χ1v) is 12.2. The number of nitrogens with zero attached hydrogens (tertiary/aromatic N) is 5. The molecule has 2 heterocycles. The number of anilines is 3. The van der Waals surface area contributed by atoms with Crippen LogP contribution in [0.15, 0.2) is 29.4 Å². The number of hydrogen-bond acceptors (Lipinski definition) is 6. The third-order valence-corrected chi connectivity index (χ3v) is 6.75. The summed E-state index contributed by atoms with van der Waals surface area (Å²) in [6.07, 6.45) is 6.09. The summed E-state index contributed by atoms with van der Waals surface area (Å²) >= 11 is 1.49. The normalized spacial score (nSPS) is 16.5. The molecular weight excluding hydrogens is 396 g/mol. The lowest BCUT2D eigenvalue weighted by Crippen LogP contribution is -2.32. The summed E-state index contributed by atoms with van der Waals surface area (Å²) in [5.41, 5.74) is 2.00. The quantitative estimate of drug-likeness (QED) is 0.605. The molecule has 30 heavy (non-hydrogen) atoms. The molecule has 1 N–H and O–H groups in total. The summed E-state index contributed by atoms with van der Waals surface area (Å²) in [7, 11) is 0. The molecule has 1 aromatic heterocycles. The Morgan fingerprint density at radius 3 is 2.43 bits per heavy atom. The van der Waals surface area contributed by atoms with Crippen molar-refractivity contribution in [2.45, 2.75) is 57.1 Å². The molecule has 1 amide bonds. The Bertz CT molecular complexity index is 838. The second-order valence-corrected chi connectivity index (χ2v) is 8.93. The SMILES string of the molecule is CCN(CC)c1ccc(NC(=O)CSc2nnc(N3CCCCC3)n2C2CC2)cc1. The van der Waals surface area contributed by atoms with Gasteiger partial charge in [0.2, 0.25) is 11.9 Å². The molecule has 8 heteroatoms. The minimum Gasteiger partial charge on any atom is -0.372 e. The van der Waals surface area contributed by atoms with E-state index >= 15 is 0 Å². The number of benzene rings is 1. The summed E-state index contributed by atoms with van der Waals surface area (Å²) in [6, 6.07) is 8.55. The lowest BCUT2D eigenvalue weighted by Gasteiger charge is -2.27. The second kappa shape index (κ2) is 9.73. The van der Waals surface area contributed by atoms with E-state index in [0.717, 1.165) is 43.0 Å². The number of amides is 1. The van der Waals surface area contributed by atoms with Crippen LogP contribution in [0.5, 0.6) is 0 Å². The van der Waals surface area contributed by atoms with E-state index in [9.17, 15) is 4.79 Å². The summed E-state index contributed by atoms with van der Waals surface area (Å²) in [4.78, 5) is 17.2. The number of piperidine rings is 1. The first-order valence-electron chi connectivity index (χ1n) is 11.2. The average Bonchev–Trinajstić information content (AvgIpc) is 3.53. The topological polar surface area (TPSA) is 66.3 Å². The molecule has 7 nitrogen and oxygen atoms in total. The van der Waals surface area contributed by atoms with Crippen LogP contribution in [0.25, 0.3) is 0 Å². The highest BCUT2D eigenvalue weighted by Gasteiger charge is 2.32. The van der Waals surface area contributed by atoms with E-state index in [2.05, 4.69) is 55.9 Å². The molecule has 0 spiro atoms. The molecule has 1 aromatic carbocycles. The molecule has 0 radical (unpaired) electrons. The Labute approximate surface area is 183 Å². The van der Waals surface area contributed by atoms with Crippen molar-refractivity contribution in [3.63, 3.8) is 0 Å². The van der Waals surface area contributed by atoms with E-state index < -0.39 is 0 Å². The highest BCUT2D eigenvalue weighted by atomic mass is 32.2. The van der Waals surface area contributed by atoms with Crippen molar-refractivity contribution in [1.29, 1.82) is 0 Å². The average molecular weight is 429 g/mol. The zero-order valence-corrected chi connectivity index (χ0v) is 18.8. The fraction of sp³-hybridized carbons (Fsp3) is 0.591. The number of carbonyl (C=O) groups is 1. The van der Waals surface area contributed by atoms with Gasteiger partial charge in [0, 0.05) is 43.6 Å². The third-order valence-electron chi connectivity index (χ3n) is 5.81. The van der Waals surface area contributed by atoms with Gasteiger partial charge in [-0.2, -0.15) is 0 Å². The van der Waals surface area contributed by atoms with Gasteiger partial charge in [-0.3, -0.25) is 9.36 Å². The maximum absolute atomic E-state index is 12.5. The van der Waals surface area contributed by atoms with E-state index in [1.165, 1.54) is 49.6 Å². The van der Waals surface area contributed by atoms with Crippen LogP contribution in [0, 0.1) is 0 Å². The zero-order valence-electron chi connectivity index (χ0n) is 18.0. The number of hydrogen-bond donors (Lipinski definition) is 1. The van der Waals surface area contributed by atoms with Gasteiger partial charge in [0.25, 0.3) is 0 Å². The fourth-order valence-corrected chi connectivity index (χ4v) is 4.80. The second-order valence-electron chi connectivity index (χ2n) is 7.99. The lowest BCUT2D eigenvalue weighted by molar-refractivity contribution is -0.113. The van der Waals surface area contributed by atoms with Gasteiger partial charge < -0.3 is 15.1 Å². The summed E-state index contributed by atoms with van der Waals surface area (Å²) in [6.45, 7) is 8.35. The molecule has 1 saturated carbocycles. The molecule has 2 aromatic rings. The predicted octanol–water partition coefficient (Wildman–Crippen LogP) is 4.18. The number of rotatable bonds is 9. The van der Waals surface area contributed by atoms with E-state index in [-0.39, 0.29) is 5.91 Å². The van der Waals surface area contributed by atoms with Crippen LogP contribution in [0.1, 0.15) is 52.0 Å². The van der Waals surface area contributed by atoms with Crippen molar-refractivity contribution in [3.8, 4) is 0 Å². The van der Waals surface area contributed by atoms with Crippen LogP contribution in [0.3, 0.4) is 0 Å². The molecule has 2 aliphatic rings. The van der Waals surface area contributed by atoms with Crippen molar-refractivity contribution in [2.24, 2.45) is 0 Å². The Morgan fingerprint density at radius 1 is 1.10 bits per heavy atom. The van der Waals surface area contributed by atoms with Crippen LogP contribution >= 0.6 is 11.8 Å². The number of nitrogens with one attached hydrogen (secondary N) is 1. The Balaban J connectivity index is 1.35. The molecule has 1 aliphatic carbocycles. The first-order chi connectivity index (χ1) is 14.7. The van der Waals surface area contributed by atoms with Gasteiger partial charge in [-0.1, -0.05) is 11.8 Å². The van der Waals surface area contributed by atoms with Gasteiger partial charge in [0.15, 0.2) is 5.16 Å². The van der Waals surface area contributed by atoms with Crippen molar-refractivity contribution < 1.29 is 4.79 Å². The molecule has 0 unspecified atom stereocenters. The number of carbonyl (C=O) groups excluding carboxylic acids is 1.